The molecule has 3 N–H and O–H groups in total. The fraction of sp³-hybridized carbons (Fsp3) is 0.462. The van der Waals surface area contributed by atoms with Crippen LogP contribution in [0.2, 0.25) is 0 Å². The number of hydrogen-bond acceptors (Lipinski definition) is 3. The smallest absolute Gasteiger partial charge is 0.220 e. The van der Waals surface area contributed by atoms with E-state index in [9.17, 15) is 4.79 Å². The van der Waals surface area contributed by atoms with Gasteiger partial charge in [0.1, 0.15) is 5.75 Å². The molecule has 1 aromatic carbocycles. The Morgan fingerprint density at radius 1 is 1.39 bits per heavy atom. The molecule has 0 saturated carbocycles. The lowest BCUT2D eigenvalue weighted by atomic mass is 10.1. The summed E-state index contributed by atoms with van der Waals surface area (Å²) in [7, 11) is 1.64. The number of rotatable bonds is 6. The Morgan fingerprint density at radius 2 is 2.00 bits per heavy atom. The van der Waals surface area contributed by atoms with Gasteiger partial charge in [-0.25, -0.2) is 0 Å². The molecular formula is C13H21ClN2O2. The number of halogens is 1. The van der Waals surface area contributed by atoms with E-state index in [0.717, 1.165) is 17.7 Å². The van der Waals surface area contributed by atoms with Crippen molar-refractivity contribution in [2.45, 2.75) is 25.8 Å². The second-order valence-electron chi connectivity index (χ2n) is 4.05. The number of aryl methyl sites for hydroxylation is 1. The van der Waals surface area contributed by atoms with Crippen LogP contribution in [0, 0.1) is 0 Å². The first-order valence-electron chi connectivity index (χ1n) is 5.78. The highest BCUT2D eigenvalue weighted by molar-refractivity contribution is 5.85. The van der Waals surface area contributed by atoms with Crippen LogP contribution < -0.4 is 15.8 Å². The normalized spacial score (nSPS) is 11.3. The average Bonchev–Trinajstić information content (AvgIpc) is 2.36. The standard InChI is InChI=1S/C13H20N2O2.ClH/c1-10(9-14)15-13(16)8-5-11-3-6-12(17-2)7-4-11;/h3-4,6-7,10H,5,8-9,14H2,1-2H3,(H,15,16);1H/t10-;/m1./s1. The molecule has 102 valence electrons. The topological polar surface area (TPSA) is 64.3 Å². The summed E-state index contributed by atoms with van der Waals surface area (Å²) in [5, 5.41) is 2.83. The van der Waals surface area contributed by atoms with Gasteiger partial charge in [-0.1, -0.05) is 12.1 Å². The summed E-state index contributed by atoms with van der Waals surface area (Å²) >= 11 is 0. The van der Waals surface area contributed by atoms with Crippen LogP contribution in [0.15, 0.2) is 24.3 Å². The van der Waals surface area contributed by atoms with E-state index in [1.165, 1.54) is 0 Å². The fourth-order valence-corrected chi connectivity index (χ4v) is 1.46. The van der Waals surface area contributed by atoms with Crippen molar-refractivity contribution in [2.75, 3.05) is 13.7 Å². The Bertz CT molecular complexity index is 355. The third kappa shape index (κ3) is 5.89. The number of nitrogens with two attached hydrogens (primary N) is 1. The zero-order valence-electron chi connectivity index (χ0n) is 10.8. The molecule has 1 amide bonds. The van der Waals surface area contributed by atoms with Crippen molar-refractivity contribution in [2.24, 2.45) is 5.73 Å². The summed E-state index contributed by atoms with van der Waals surface area (Å²) < 4.78 is 5.07. The van der Waals surface area contributed by atoms with Crippen molar-refractivity contribution in [3.05, 3.63) is 29.8 Å². The molecule has 18 heavy (non-hydrogen) atoms. The number of carbonyl (C=O) groups excluding carboxylic acids is 1. The minimum atomic E-state index is 0. The molecule has 0 aliphatic rings. The van der Waals surface area contributed by atoms with Gasteiger partial charge in [0.15, 0.2) is 0 Å². The molecular weight excluding hydrogens is 252 g/mol. The monoisotopic (exact) mass is 272 g/mol. The van der Waals surface area contributed by atoms with Crippen LogP contribution in [-0.2, 0) is 11.2 Å². The van der Waals surface area contributed by atoms with E-state index in [0.29, 0.717) is 13.0 Å². The molecule has 0 aliphatic carbocycles. The summed E-state index contributed by atoms with van der Waals surface area (Å²) in [5.41, 5.74) is 6.56. The van der Waals surface area contributed by atoms with E-state index in [1.54, 1.807) is 7.11 Å². The molecule has 5 heteroatoms. The lowest BCUT2D eigenvalue weighted by Crippen LogP contribution is -2.37. The number of hydrogen-bond donors (Lipinski definition) is 2. The molecule has 4 nitrogen and oxygen atoms in total. The number of carbonyl (C=O) groups is 1. The number of ether oxygens (including phenoxy) is 1. The van der Waals surface area contributed by atoms with Crippen molar-refractivity contribution in [1.82, 2.24) is 5.32 Å². The zero-order valence-corrected chi connectivity index (χ0v) is 11.6. The van der Waals surface area contributed by atoms with Crippen LogP contribution in [0.5, 0.6) is 5.75 Å². The Labute approximate surface area is 114 Å². The van der Waals surface area contributed by atoms with Crippen LogP contribution in [0.4, 0.5) is 0 Å². The molecule has 0 unspecified atom stereocenters. The van der Waals surface area contributed by atoms with E-state index in [2.05, 4.69) is 5.32 Å². The number of methoxy groups -OCH3 is 1. The first-order chi connectivity index (χ1) is 8.15. The Kier molecular flexibility index (Phi) is 8.16. The molecule has 0 heterocycles. The summed E-state index contributed by atoms with van der Waals surface area (Å²) in [4.78, 5) is 11.5. The van der Waals surface area contributed by atoms with Gasteiger partial charge < -0.3 is 15.8 Å². The molecule has 0 fully saturated rings. The largest absolute Gasteiger partial charge is 0.497 e. The van der Waals surface area contributed by atoms with Gasteiger partial charge >= 0.3 is 0 Å². The quantitative estimate of drug-likeness (QED) is 0.825. The van der Waals surface area contributed by atoms with Gasteiger partial charge in [-0.2, -0.15) is 0 Å². The molecule has 0 radical (unpaired) electrons. The minimum absolute atomic E-state index is 0. The molecule has 0 aliphatic heterocycles. The number of nitrogens with one attached hydrogen (secondary N) is 1. The molecule has 0 saturated heterocycles. The van der Waals surface area contributed by atoms with Crippen LogP contribution in [0.1, 0.15) is 18.9 Å². The predicted octanol–water partition coefficient (Wildman–Crippen LogP) is 1.51. The van der Waals surface area contributed by atoms with Crippen LogP contribution in [0.3, 0.4) is 0 Å². The van der Waals surface area contributed by atoms with Crippen molar-refractivity contribution < 1.29 is 9.53 Å². The van der Waals surface area contributed by atoms with Gasteiger partial charge in [0.2, 0.25) is 5.91 Å². The maximum atomic E-state index is 11.5. The Balaban J connectivity index is 0.00000289. The second kappa shape index (κ2) is 8.78. The molecule has 1 aromatic rings. The van der Waals surface area contributed by atoms with Crippen LogP contribution in [-0.4, -0.2) is 25.6 Å². The highest BCUT2D eigenvalue weighted by Crippen LogP contribution is 2.12. The third-order valence-corrected chi connectivity index (χ3v) is 2.56. The second-order valence-corrected chi connectivity index (χ2v) is 4.05. The first kappa shape index (κ1) is 16.7. The van der Waals surface area contributed by atoms with Gasteiger partial charge in [0.25, 0.3) is 0 Å². The lowest BCUT2D eigenvalue weighted by Gasteiger charge is -2.11. The summed E-state index contributed by atoms with van der Waals surface area (Å²) in [6.07, 6.45) is 1.21. The van der Waals surface area contributed by atoms with Gasteiger partial charge in [-0.05, 0) is 31.0 Å². The summed E-state index contributed by atoms with van der Waals surface area (Å²) in [5.74, 6) is 0.869. The molecule has 1 rings (SSSR count). The number of amides is 1. The predicted molar refractivity (Wildman–Crippen MR) is 75.2 cm³/mol. The van der Waals surface area contributed by atoms with Gasteiger partial charge in [0, 0.05) is 19.0 Å². The molecule has 1 atom stereocenters. The molecule has 0 bridgehead atoms. The highest BCUT2D eigenvalue weighted by atomic mass is 35.5. The SMILES string of the molecule is COc1ccc(CCC(=O)N[C@H](C)CN)cc1.Cl. The first-order valence-corrected chi connectivity index (χ1v) is 5.78. The van der Waals surface area contributed by atoms with E-state index in [1.807, 2.05) is 31.2 Å². The molecule has 0 spiro atoms. The van der Waals surface area contributed by atoms with Gasteiger partial charge in [-0.3, -0.25) is 4.79 Å². The average molecular weight is 273 g/mol. The number of benzene rings is 1. The molecule has 0 aromatic heterocycles. The maximum Gasteiger partial charge on any atom is 0.220 e. The Hall–Kier alpha value is -1.26. The van der Waals surface area contributed by atoms with Crippen molar-refractivity contribution in [3.63, 3.8) is 0 Å². The van der Waals surface area contributed by atoms with Crippen LogP contribution in [0.25, 0.3) is 0 Å². The highest BCUT2D eigenvalue weighted by Gasteiger charge is 2.05. The van der Waals surface area contributed by atoms with Gasteiger partial charge in [0.05, 0.1) is 7.11 Å². The van der Waals surface area contributed by atoms with E-state index < -0.39 is 0 Å². The van der Waals surface area contributed by atoms with Crippen molar-refractivity contribution in [3.8, 4) is 5.75 Å². The minimum Gasteiger partial charge on any atom is -0.497 e. The van der Waals surface area contributed by atoms with E-state index in [-0.39, 0.29) is 24.4 Å². The van der Waals surface area contributed by atoms with Gasteiger partial charge in [-0.15, -0.1) is 12.4 Å². The lowest BCUT2D eigenvalue weighted by molar-refractivity contribution is -0.121. The van der Waals surface area contributed by atoms with E-state index >= 15 is 0 Å². The Morgan fingerprint density at radius 3 is 2.50 bits per heavy atom. The van der Waals surface area contributed by atoms with Crippen molar-refractivity contribution in [1.29, 1.82) is 0 Å². The summed E-state index contributed by atoms with van der Waals surface area (Å²) in [6, 6.07) is 7.78. The summed E-state index contributed by atoms with van der Waals surface area (Å²) in [6.45, 7) is 2.36. The van der Waals surface area contributed by atoms with Crippen LogP contribution >= 0.6 is 12.4 Å². The zero-order chi connectivity index (χ0) is 12.7. The van der Waals surface area contributed by atoms with E-state index in [4.69, 9.17) is 10.5 Å². The van der Waals surface area contributed by atoms with Crippen molar-refractivity contribution >= 4 is 18.3 Å². The third-order valence-electron chi connectivity index (χ3n) is 2.56. The maximum absolute atomic E-state index is 11.5. The fourth-order valence-electron chi connectivity index (χ4n) is 1.46.